The highest BCUT2D eigenvalue weighted by molar-refractivity contribution is 7.99. The van der Waals surface area contributed by atoms with Gasteiger partial charge in [-0.25, -0.2) is 10.5 Å². The summed E-state index contributed by atoms with van der Waals surface area (Å²) in [5.41, 5.74) is 4.45. The minimum atomic E-state index is -0.0917. The minimum Gasteiger partial charge on any atom is -0.492 e. The highest BCUT2D eigenvalue weighted by Gasteiger charge is 2.09. The van der Waals surface area contributed by atoms with Crippen LogP contribution in [0.3, 0.4) is 0 Å². The lowest BCUT2D eigenvalue weighted by Crippen LogP contribution is -2.13. The molecule has 3 rings (SSSR count). The van der Waals surface area contributed by atoms with Gasteiger partial charge in [0, 0.05) is 12.2 Å². The number of amides is 1. The van der Waals surface area contributed by atoms with Crippen molar-refractivity contribution in [1.29, 1.82) is 0 Å². The zero-order valence-corrected chi connectivity index (χ0v) is 16.8. The van der Waals surface area contributed by atoms with E-state index in [0.29, 0.717) is 41.3 Å². The first kappa shape index (κ1) is 20.4. The number of nitrogens with zero attached hydrogens (tertiary/aromatic N) is 3. The number of anilines is 2. The summed E-state index contributed by atoms with van der Waals surface area (Å²) in [4.78, 5) is 16.5. The fourth-order valence-corrected chi connectivity index (χ4v) is 3.10. The van der Waals surface area contributed by atoms with Crippen LogP contribution in [0.5, 0.6) is 5.75 Å². The number of aromatic amines is 1. The monoisotopic (exact) mass is 410 g/mol. The number of carbonyl (C=O) groups excluding carboxylic acids is 1. The molecule has 29 heavy (non-hydrogen) atoms. The molecule has 0 saturated carbocycles. The second-order valence-corrected chi connectivity index (χ2v) is 6.89. The molecule has 0 unspecified atom stereocenters. The van der Waals surface area contributed by atoms with Crippen LogP contribution in [0, 0.1) is 0 Å². The molecule has 0 fully saturated rings. The summed E-state index contributed by atoms with van der Waals surface area (Å²) in [7, 11) is 0. The van der Waals surface area contributed by atoms with Gasteiger partial charge in [-0.1, -0.05) is 54.2 Å². The van der Waals surface area contributed by atoms with E-state index in [-0.39, 0.29) is 5.91 Å². The number of hydrogen-bond acceptors (Lipinski definition) is 7. The highest BCUT2D eigenvalue weighted by Crippen LogP contribution is 2.24. The van der Waals surface area contributed by atoms with Crippen molar-refractivity contribution in [3.05, 3.63) is 60.2 Å². The van der Waals surface area contributed by atoms with Crippen LogP contribution in [0.15, 0.2) is 64.9 Å². The van der Waals surface area contributed by atoms with Crippen LogP contribution >= 0.6 is 11.8 Å². The Kier molecular flexibility index (Phi) is 7.64. The molecule has 1 amide bonds. The molecule has 3 aromatic rings. The minimum absolute atomic E-state index is 0.0917. The first-order valence-electron chi connectivity index (χ1n) is 9.15. The molecule has 150 valence electrons. The topological polar surface area (TPSA) is 104 Å². The molecular formula is C20H22N6O2S. The average molecular weight is 411 g/mol. The summed E-state index contributed by atoms with van der Waals surface area (Å²) in [6.07, 6.45) is 2.02. The number of carbonyl (C=O) groups is 1. The van der Waals surface area contributed by atoms with Crippen LogP contribution in [0.2, 0.25) is 0 Å². The van der Waals surface area contributed by atoms with Crippen molar-refractivity contribution in [2.75, 3.05) is 23.1 Å². The Morgan fingerprint density at radius 2 is 2.00 bits per heavy atom. The van der Waals surface area contributed by atoms with Crippen LogP contribution in [0.25, 0.3) is 0 Å². The van der Waals surface area contributed by atoms with E-state index in [0.717, 1.165) is 5.56 Å². The number of aromatic nitrogens is 3. The fourth-order valence-electron chi connectivity index (χ4n) is 2.37. The Morgan fingerprint density at radius 3 is 2.83 bits per heavy atom. The number of benzene rings is 2. The van der Waals surface area contributed by atoms with E-state index in [1.165, 1.54) is 11.8 Å². The molecule has 0 aliphatic heterocycles. The Bertz CT molecular complexity index is 945. The number of thioether (sulfide) groups is 1. The van der Waals surface area contributed by atoms with Crippen LogP contribution in [0.4, 0.5) is 11.6 Å². The van der Waals surface area contributed by atoms with Crippen molar-refractivity contribution >= 4 is 35.5 Å². The van der Waals surface area contributed by atoms with E-state index in [2.05, 4.69) is 31.0 Å². The van der Waals surface area contributed by atoms with Gasteiger partial charge in [0.25, 0.3) is 0 Å². The van der Waals surface area contributed by atoms with Crippen molar-refractivity contribution in [3.63, 3.8) is 0 Å². The van der Waals surface area contributed by atoms with Crippen molar-refractivity contribution in [2.24, 2.45) is 5.10 Å². The molecule has 9 heteroatoms. The molecule has 0 atom stereocenters. The van der Waals surface area contributed by atoms with Gasteiger partial charge < -0.3 is 10.1 Å². The van der Waals surface area contributed by atoms with E-state index in [4.69, 9.17) is 4.74 Å². The lowest BCUT2D eigenvalue weighted by Gasteiger charge is -2.10. The lowest BCUT2D eigenvalue weighted by atomic mass is 10.2. The molecule has 0 saturated heterocycles. The number of ether oxygens (including phenoxy) is 1. The summed E-state index contributed by atoms with van der Waals surface area (Å²) in [6, 6.07) is 17.1. The maximum Gasteiger partial charge on any atom is 0.240 e. The Hall–Kier alpha value is -3.33. The summed E-state index contributed by atoms with van der Waals surface area (Å²) in [5, 5.41) is 14.4. The molecule has 1 heterocycles. The summed E-state index contributed by atoms with van der Waals surface area (Å²) >= 11 is 1.39. The lowest BCUT2D eigenvalue weighted by molar-refractivity contribution is -0.115. The van der Waals surface area contributed by atoms with E-state index in [1.807, 2.05) is 61.5 Å². The first-order valence-corrected chi connectivity index (χ1v) is 10.1. The molecule has 3 N–H and O–H groups in total. The van der Waals surface area contributed by atoms with Gasteiger partial charge in [-0.05, 0) is 24.6 Å². The second kappa shape index (κ2) is 10.9. The molecule has 0 aliphatic rings. The van der Waals surface area contributed by atoms with E-state index in [1.54, 1.807) is 6.21 Å². The predicted molar refractivity (Wildman–Crippen MR) is 116 cm³/mol. The molecule has 0 aliphatic carbocycles. The standard InChI is InChI=1S/C20H22N6O2S/c1-2-28-17-11-7-6-10-16(17)22-18(27)12-13-29-20-23-19(25-26-20)24-21-14-15-8-4-3-5-9-15/h3-11,14H,2,12-13H2,1H3,(H,22,27)(H2,23,24,25,26)/b21-14+. The van der Waals surface area contributed by atoms with Gasteiger partial charge in [-0.2, -0.15) is 10.1 Å². The number of para-hydroxylation sites is 2. The van der Waals surface area contributed by atoms with Crippen LogP contribution in [0.1, 0.15) is 18.9 Å². The predicted octanol–water partition coefficient (Wildman–Crippen LogP) is 3.77. The number of hydrazone groups is 1. The van der Waals surface area contributed by atoms with Crippen molar-refractivity contribution in [3.8, 4) is 5.75 Å². The zero-order valence-electron chi connectivity index (χ0n) is 16.0. The third-order valence-electron chi connectivity index (χ3n) is 3.67. The number of nitrogens with one attached hydrogen (secondary N) is 3. The SMILES string of the molecule is CCOc1ccccc1NC(=O)CCSc1n[nH]c(N/N=C/c2ccccc2)n1. The van der Waals surface area contributed by atoms with Gasteiger partial charge >= 0.3 is 0 Å². The maximum atomic E-state index is 12.2. The number of H-pyrrole nitrogens is 1. The Balaban J connectivity index is 1.42. The Morgan fingerprint density at radius 1 is 1.21 bits per heavy atom. The third-order valence-corrected chi connectivity index (χ3v) is 4.52. The van der Waals surface area contributed by atoms with Crippen molar-refractivity contribution in [2.45, 2.75) is 18.5 Å². The van der Waals surface area contributed by atoms with Gasteiger partial charge in [-0.3, -0.25) is 4.79 Å². The Labute approximate surface area is 173 Å². The van der Waals surface area contributed by atoms with E-state index >= 15 is 0 Å². The summed E-state index contributed by atoms with van der Waals surface area (Å²) in [6.45, 7) is 2.45. The third kappa shape index (κ3) is 6.65. The smallest absolute Gasteiger partial charge is 0.240 e. The second-order valence-electron chi connectivity index (χ2n) is 5.82. The van der Waals surface area contributed by atoms with Gasteiger partial charge in [0.2, 0.25) is 17.0 Å². The molecular weight excluding hydrogens is 388 g/mol. The zero-order chi connectivity index (χ0) is 20.3. The largest absolute Gasteiger partial charge is 0.492 e. The van der Waals surface area contributed by atoms with E-state index in [9.17, 15) is 4.79 Å². The maximum absolute atomic E-state index is 12.2. The fraction of sp³-hybridized carbons (Fsp3) is 0.200. The van der Waals surface area contributed by atoms with Gasteiger partial charge in [0.1, 0.15) is 5.75 Å². The molecule has 8 nitrogen and oxygen atoms in total. The van der Waals surface area contributed by atoms with Gasteiger partial charge in [0.15, 0.2) is 0 Å². The van der Waals surface area contributed by atoms with Crippen molar-refractivity contribution < 1.29 is 9.53 Å². The highest BCUT2D eigenvalue weighted by atomic mass is 32.2. The molecule has 2 aromatic carbocycles. The van der Waals surface area contributed by atoms with Crippen LogP contribution in [-0.4, -0.2) is 39.7 Å². The van der Waals surface area contributed by atoms with Crippen LogP contribution in [-0.2, 0) is 4.79 Å². The quantitative estimate of drug-likeness (QED) is 0.267. The normalized spacial score (nSPS) is 10.8. The van der Waals surface area contributed by atoms with Crippen molar-refractivity contribution in [1.82, 2.24) is 15.2 Å². The molecule has 0 spiro atoms. The summed E-state index contributed by atoms with van der Waals surface area (Å²) < 4.78 is 5.51. The number of hydrogen-bond donors (Lipinski definition) is 3. The average Bonchev–Trinajstić information content (AvgIpc) is 3.18. The first-order chi connectivity index (χ1) is 14.2. The molecule has 0 radical (unpaired) electrons. The van der Waals surface area contributed by atoms with Crippen LogP contribution < -0.4 is 15.5 Å². The van der Waals surface area contributed by atoms with Gasteiger partial charge in [-0.15, -0.1) is 5.10 Å². The summed E-state index contributed by atoms with van der Waals surface area (Å²) in [5.74, 6) is 1.56. The molecule has 0 bridgehead atoms. The van der Waals surface area contributed by atoms with E-state index < -0.39 is 0 Å². The number of rotatable bonds is 10. The molecule has 1 aromatic heterocycles. The van der Waals surface area contributed by atoms with Gasteiger partial charge in [0.05, 0.1) is 18.5 Å².